The van der Waals surface area contributed by atoms with Crippen molar-refractivity contribution in [3.63, 3.8) is 0 Å². The van der Waals surface area contributed by atoms with E-state index in [0.29, 0.717) is 0 Å². The molecule has 1 saturated heterocycles. The third-order valence-electron chi connectivity index (χ3n) is 4.10. The molecule has 3 nitrogen and oxygen atoms in total. The molecule has 1 amide bonds. The van der Waals surface area contributed by atoms with E-state index >= 15 is 0 Å². The molecule has 19 heavy (non-hydrogen) atoms. The number of benzene rings is 1. The van der Waals surface area contributed by atoms with E-state index in [-0.39, 0.29) is 5.91 Å². The summed E-state index contributed by atoms with van der Waals surface area (Å²) in [6, 6.07) is 6.18. The van der Waals surface area contributed by atoms with Crippen LogP contribution in [-0.2, 0) is 11.2 Å². The van der Waals surface area contributed by atoms with Crippen molar-refractivity contribution in [3.05, 3.63) is 29.3 Å². The van der Waals surface area contributed by atoms with E-state index in [9.17, 15) is 4.79 Å². The first-order chi connectivity index (χ1) is 9.07. The minimum absolute atomic E-state index is 0.0937. The molecule has 1 aromatic carbocycles. The third kappa shape index (κ3) is 2.98. The SMILES string of the molecule is CCc1cccc(C)c1NC(=O)C1(C)CCCCN1. The van der Waals surface area contributed by atoms with Gasteiger partial charge in [0.1, 0.15) is 0 Å². The summed E-state index contributed by atoms with van der Waals surface area (Å²) in [5.74, 6) is 0.0937. The van der Waals surface area contributed by atoms with Gasteiger partial charge in [-0.25, -0.2) is 0 Å². The molecule has 0 saturated carbocycles. The number of hydrogen-bond donors (Lipinski definition) is 2. The van der Waals surface area contributed by atoms with Gasteiger partial charge in [-0.15, -0.1) is 0 Å². The van der Waals surface area contributed by atoms with Gasteiger partial charge in [0.15, 0.2) is 0 Å². The Bertz CT molecular complexity index is 462. The fraction of sp³-hybridized carbons (Fsp3) is 0.562. The van der Waals surface area contributed by atoms with E-state index in [1.807, 2.05) is 26.0 Å². The van der Waals surface area contributed by atoms with Gasteiger partial charge in [0.25, 0.3) is 0 Å². The predicted molar refractivity (Wildman–Crippen MR) is 79.4 cm³/mol. The zero-order chi connectivity index (χ0) is 13.9. The van der Waals surface area contributed by atoms with Crippen molar-refractivity contribution in [1.82, 2.24) is 5.32 Å². The minimum Gasteiger partial charge on any atom is -0.324 e. The number of piperidine rings is 1. The molecule has 1 unspecified atom stereocenters. The maximum absolute atomic E-state index is 12.5. The topological polar surface area (TPSA) is 41.1 Å². The zero-order valence-corrected chi connectivity index (χ0v) is 12.2. The van der Waals surface area contributed by atoms with Crippen molar-refractivity contribution in [2.45, 2.75) is 52.0 Å². The highest BCUT2D eigenvalue weighted by atomic mass is 16.2. The van der Waals surface area contributed by atoms with Crippen LogP contribution in [0.2, 0.25) is 0 Å². The first-order valence-corrected chi connectivity index (χ1v) is 7.22. The van der Waals surface area contributed by atoms with E-state index in [2.05, 4.69) is 23.6 Å². The summed E-state index contributed by atoms with van der Waals surface area (Å²) in [6.07, 6.45) is 4.12. The van der Waals surface area contributed by atoms with Crippen molar-refractivity contribution >= 4 is 11.6 Å². The molecular formula is C16H24N2O. The smallest absolute Gasteiger partial charge is 0.244 e. The van der Waals surface area contributed by atoms with Crippen molar-refractivity contribution in [2.24, 2.45) is 0 Å². The number of rotatable bonds is 3. The van der Waals surface area contributed by atoms with Crippen LogP contribution in [0.25, 0.3) is 0 Å². The van der Waals surface area contributed by atoms with Gasteiger partial charge in [0, 0.05) is 5.69 Å². The summed E-state index contributed by atoms with van der Waals surface area (Å²) in [4.78, 5) is 12.5. The molecular weight excluding hydrogens is 236 g/mol. The second-order valence-electron chi connectivity index (χ2n) is 5.63. The van der Waals surface area contributed by atoms with Gasteiger partial charge < -0.3 is 10.6 Å². The monoisotopic (exact) mass is 260 g/mol. The van der Waals surface area contributed by atoms with Crippen LogP contribution in [0.1, 0.15) is 44.2 Å². The highest BCUT2D eigenvalue weighted by Crippen LogP contribution is 2.25. The molecule has 1 aliphatic heterocycles. The summed E-state index contributed by atoms with van der Waals surface area (Å²) in [5, 5.41) is 6.50. The quantitative estimate of drug-likeness (QED) is 0.877. The van der Waals surface area contributed by atoms with Crippen LogP contribution in [0.15, 0.2) is 18.2 Å². The third-order valence-corrected chi connectivity index (χ3v) is 4.10. The maximum Gasteiger partial charge on any atom is 0.244 e. The molecule has 104 valence electrons. The Morgan fingerprint density at radius 1 is 1.42 bits per heavy atom. The van der Waals surface area contributed by atoms with Crippen LogP contribution >= 0.6 is 0 Å². The van der Waals surface area contributed by atoms with Gasteiger partial charge in [-0.2, -0.15) is 0 Å². The largest absolute Gasteiger partial charge is 0.324 e. The van der Waals surface area contributed by atoms with E-state index in [1.165, 1.54) is 5.56 Å². The average Bonchev–Trinajstić information content (AvgIpc) is 2.41. The summed E-state index contributed by atoms with van der Waals surface area (Å²) < 4.78 is 0. The Morgan fingerprint density at radius 2 is 2.21 bits per heavy atom. The predicted octanol–water partition coefficient (Wildman–Crippen LogP) is 3.03. The van der Waals surface area contributed by atoms with Crippen molar-refractivity contribution in [2.75, 3.05) is 11.9 Å². The Labute approximate surface area is 115 Å². The number of para-hydroxylation sites is 1. The summed E-state index contributed by atoms with van der Waals surface area (Å²) in [6.45, 7) is 7.10. The normalized spacial score (nSPS) is 23.1. The Hall–Kier alpha value is -1.35. The minimum atomic E-state index is -0.425. The van der Waals surface area contributed by atoms with Gasteiger partial charge in [0.05, 0.1) is 5.54 Å². The molecule has 2 rings (SSSR count). The van der Waals surface area contributed by atoms with Crippen molar-refractivity contribution in [3.8, 4) is 0 Å². The molecule has 1 aliphatic rings. The number of aryl methyl sites for hydroxylation is 2. The molecule has 0 aliphatic carbocycles. The highest BCUT2D eigenvalue weighted by Gasteiger charge is 2.34. The van der Waals surface area contributed by atoms with Gasteiger partial charge >= 0.3 is 0 Å². The summed E-state index contributed by atoms with van der Waals surface area (Å²) in [7, 11) is 0. The molecule has 1 aromatic rings. The molecule has 0 bridgehead atoms. The molecule has 2 N–H and O–H groups in total. The lowest BCUT2D eigenvalue weighted by atomic mass is 9.89. The number of hydrogen-bond acceptors (Lipinski definition) is 2. The van der Waals surface area contributed by atoms with E-state index < -0.39 is 5.54 Å². The Morgan fingerprint density at radius 3 is 2.84 bits per heavy atom. The number of amides is 1. The van der Waals surface area contributed by atoms with E-state index in [4.69, 9.17) is 0 Å². The van der Waals surface area contributed by atoms with Gasteiger partial charge in [-0.3, -0.25) is 4.79 Å². The molecule has 3 heteroatoms. The molecule has 1 atom stereocenters. The van der Waals surface area contributed by atoms with Crippen LogP contribution < -0.4 is 10.6 Å². The lowest BCUT2D eigenvalue weighted by molar-refractivity contribution is -0.122. The van der Waals surface area contributed by atoms with Crippen LogP contribution in [0.5, 0.6) is 0 Å². The van der Waals surface area contributed by atoms with Crippen LogP contribution in [0.4, 0.5) is 5.69 Å². The Kier molecular flexibility index (Phi) is 4.25. The van der Waals surface area contributed by atoms with E-state index in [1.54, 1.807) is 0 Å². The summed E-state index contributed by atoms with van der Waals surface area (Å²) >= 11 is 0. The van der Waals surface area contributed by atoms with Crippen molar-refractivity contribution in [1.29, 1.82) is 0 Å². The fourth-order valence-electron chi connectivity index (χ4n) is 2.70. The second kappa shape index (κ2) is 5.74. The molecule has 1 heterocycles. The lowest BCUT2D eigenvalue weighted by Gasteiger charge is -2.33. The molecule has 1 fully saturated rings. The number of nitrogens with one attached hydrogen (secondary N) is 2. The Balaban J connectivity index is 2.19. The molecule has 0 aromatic heterocycles. The molecule has 0 radical (unpaired) electrons. The number of carbonyl (C=O) groups excluding carboxylic acids is 1. The molecule has 0 spiro atoms. The second-order valence-corrected chi connectivity index (χ2v) is 5.63. The van der Waals surface area contributed by atoms with Crippen LogP contribution in [0.3, 0.4) is 0 Å². The first kappa shape index (κ1) is 14.1. The van der Waals surface area contributed by atoms with Gasteiger partial charge in [-0.05, 0) is 57.2 Å². The lowest BCUT2D eigenvalue weighted by Crippen LogP contribution is -2.54. The van der Waals surface area contributed by atoms with Gasteiger partial charge in [-0.1, -0.05) is 25.1 Å². The standard InChI is InChI=1S/C16H24N2O/c1-4-13-9-7-8-12(2)14(13)18-15(19)16(3)10-5-6-11-17-16/h7-9,17H,4-6,10-11H2,1-3H3,(H,18,19). The first-order valence-electron chi connectivity index (χ1n) is 7.22. The van der Waals surface area contributed by atoms with Crippen LogP contribution in [0, 0.1) is 6.92 Å². The van der Waals surface area contributed by atoms with Gasteiger partial charge in [0.2, 0.25) is 5.91 Å². The average molecular weight is 260 g/mol. The fourth-order valence-corrected chi connectivity index (χ4v) is 2.70. The maximum atomic E-state index is 12.5. The highest BCUT2D eigenvalue weighted by molar-refractivity contribution is 5.99. The number of carbonyl (C=O) groups is 1. The van der Waals surface area contributed by atoms with Crippen molar-refractivity contribution < 1.29 is 4.79 Å². The van der Waals surface area contributed by atoms with E-state index in [0.717, 1.165) is 43.5 Å². The number of anilines is 1. The van der Waals surface area contributed by atoms with Crippen LogP contribution in [-0.4, -0.2) is 18.0 Å². The summed E-state index contributed by atoms with van der Waals surface area (Å²) in [5.41, 5.74) is 2.90. The zero-order valence-electron chi connectivity index (χ0n) is 12.2.